The number of ketones is 2. The number of esters is 1. The summed E-state index contributed by atoms with van der Waals surface area (Å²) in [6.07, 6.45) is 47.4. The van der Waals surface area contributed by atoms with Crippen LogP contribution in [0.2, 0.25) is 0 Å². The summed E-state index contributed by atoms with van der Waals surface area (Å²) in [6.45, 7) is 25.9. The van der Waals surface area contributed by atoms with Crippen LogP contribution in [0.15, 0.2) is 60.8 Å². The van der Waals surface area contributed by atoms with E-state index in [4.69, 9.17) is 5.11 Å². The average molecular weight is 1120 g/mol. The van der Waals surface area contributed by atoms with Crippen molar-refractivity contribution in [2.24, 2.45) is 82.9 Å². The third-order valence-corrected chi connectivity index (χ3v) is 18.9. The van der Waals surface area contributed by atoms with Crippen LogP contribution in [0.4, 0.5) is 0 Å². The molecule has 464 valence electrons. The molecule has 0 heterocycles. The molecule has 4 fully saturated rings. The summed E-state index contributed by atoms with van der Waals surface area (Å²) in [5, 5.41) is 47.7. The Hall–Kier alpha value is -2.69. The molecule has 9 heteroatoms. The first-order valence-corrected chi connectivity index (χ1v) is 32.8. The molecule has 5 N–H and O–H groups in total. The van der Waals surface area contributed by atoms with Crippen LogP contribution in [0.3, 0.4) is 0 Å². The van der Waals surface area contributed by atoms with E-state index in [0.29, 0.717) is 42.8 Å². The quantitative estimate of drug-likeness (QED) is 0.0186. The number of Topliss-reactive ketones (excluding diaryl/α,β-unsaturated/α-hetero) is 1. The molecule has 0 bridgehead atoms. The molecule has 4 aliphatic carbocycles. The Bertz CT molecular complexity index is 1750. The van der Waals surface area contributed by atoms with Crippen molar-refractivity contribution in [2.75, 3.05) is 13.7 Å². The van der Waals surface area contributed by atoms with Crippen molar-refractivity contribution in [3.8, 4) is 0 Å². The molecular weight excluding hydrogens is 997 g/mol. The van der Waals surface area contributed by atoms with E-state index in [1.54, 1.807) is 26.8 Å². The van der Waals surface area contributed by atoms with Crippen LogP contribution in [0.1, 0.15) is 250 Å². The van der Waals surface area contributed by atoms with Crippen LogP contribution in [-0.2, 0) is 19.1 Å². The predicted octanol–water partition coefficient (Wildman–Crippen LogP) is 16.5. The number of methoxy groups -OCH3 is 1. The minimum Gasteiger partial charge on any atom is -0.469 e. The van der Waals surface area contributed by atoms with E-state index in [9.17, 15) is 34.8 Å². The van der Waals surface area contributed by atoms with Crippen molar-refractivity contribution >= 4 is 17.5 Å². The van der Waals surface area contributed by atoms with Gasteiger partial charge in [0.05, 0.1) is 31.5 Å². The first-order chi connectivity index (χ1) is 38.1. The lowest BCUT2D eigenvalue weighted by molar-refractivity contribution is -0.140. The molecule has 0 aliphatic heterocycles. The summed E-state index contributed by atoms with van der Waals surface area (Å²) < 4.78 is 4.64. The summed E-state index contributed by atoms with van der Waals surface area (Å²) in [7, 11) is 1.44. The lowest BCUT2D eigenvalue weighted by Gasteiger charge is -2.24. The maximum absolute atomic E-state index is 11.2. The Morgan fingerprint density at radius 2 is 0.912 bits per heavy atom. The normalized spacial score (nSPS) is 31.1. The zero-order chi connectivity index (χ0) is 60.0. The fraction of sp³-hybridized carbons (Fsp3) is 0.817. The van der Waals surface area contributed by atoms with E-state index in [2.05, 4.69) is 115 Å². The van der Waals surface area contributed by atoms with Crippen molar-refractivity contribution in [3.63, 3.8) is 0 Å². The number of aliphatic hydroxyl groups is 5. The Kier molecular flexibility index (Phi) is 42.2. The summed E-state index contributed by atoms with van der Waals surface area (Å²) in [5.41, 5.74) is 0. The van der Waals surface area contributed by atoms with Gasteiger partial charge in [-0.1, -0.05) is 136 Å². The highest BCUT2D eigenvalue weighted by Gasteiger charge is 2.41. The fourth-order valence-electron chi connectivity index (χ4n) is 14.2. The van der Waals surface area contributed by atoms with Gasteiger partial charge in [-0.3, -0.25) is 9.59 Å². The summed E-state index contributed by atoms with van der Waals surface area (Å²) in [5.74, 6) is 9.55. The van der Waals surface area contributed by atoms with Gasteiger partial charge < -0.3 is 35.1 Å². The van der Waals surface area contributed by atoms with Crippen molar-refractivity contribution in [2.45, 2.75) is 274 Å². The van der Waals surface area contributed by atoms with Gasteiger partial charge in [0.25, 0.3) is 0 Å². The van der Waals surface area contributed by atoms with Crippen LogP contribution in [-0.4, -0.2) is 81.2 Å². The van der Waals surface area contributed by atoms with E-state index in [1.807, 2.05) is 6.92 Å². The number of unbranched alkanes of at least 4 members (excludes halogenated alkanes) is 7. The van der Waals surface area contributed by atoms with Gasteiger partial charge in [-0.25, -0.2) is 0 Å². The van der Waals surface area contributed by atoms with Gasteiger partial charge in [0.1, 0.15) is 5.78 Å². The third kappa shape index (κ3) is 31.8. The van der Waals surface area contributed by atoms with Crippen LogP contribution in [0.5, 0.6) is 0 Å². The highest BCUT2D eigenvalue weighted by atomic mass is 16.5. The average Bonchev–Trinajstić information content (AvgIpc) is 4.04. The van der Waals surface area contributed by atoms with Gasteiger partial charge in [-0.15, -0.1) is 0 Å². The topological polar surface area (TPSA) is 162 Å². The second-order valence-electron chi connectivity index (χ2n) is 26.0. The van der Waals surface area contributed by atoms with Gasteiger partial charge in [-0.05, 0) is 245 Å². The maximum atomic E-state index is 11.2. The maximum Gasteiger partial charge on any atom is 0.305 e. The zero-order valence-corrected chi connectivity index (χ0v) is 53.6. The molecule has 0 amide bonds. The Labute approximate surface area is 491 Å². The second-order valence-corrected chi connectivity index (χ2v) is 26.0. The fourth-order valence-corrected chi connectivity index (χ4v) is 14.2. The molecule has 4 aliphatic rings. The number of carbonyl (C=O) groups is 3. The number of allylic oxidation sites excluding steroid dienone is 10. The highest BCUT2D eigenvalue weighted by molar-refractivity contribution is 5.87. The lowest BCUT2D eigenvalue weighted by Crippen LogP contribution is -2.23. The molecule has 0 aromatic rings. The Morgan fingerprint density at radius 1 is 0.500 bits per heavy atom. The number of hydrogen-bond acceptors (Lipinski definition) is 9. The summed E-state index contributed by atoms with van der Waals surface area (Å²) in [4.78, 5) is 33.4. The molecule has 18 atom stereocenters. The standard InChI is InChI=1S/C19H34O3.C18H32O.C18H30O.C16H30O4/c1-14-13-15(2)18(12-11-16(3)20)17(14)9-7-5-6-8-10-19(21)22-4;2*1-5-6-7-8-9-10-17-14(2)13-15(3)18(17)12-11-16(4)19;1-12(18)8-9-14-13(15(19)11-16(14)20)7-5-3-2-4-6-10-17/h5,7,14-18,20H,6,8-13H2,1-4H3;8-9,14-15,17-18H,5-7,10-13H2,1-4H3;8-9,11-12,14-15,17-18H,5-7,10,13H2,1-4H3;3,5,12-20H,2,4,6-11H2,1H3/b7-5-;9-8-;9-8-,12-11+;5-3-/t14-,15+,16?,17-,18-;2*14-,15+,17-,18-;12?,13-,14-,15+,16-/m0001/s1. The van der Waals surface area contributed by atoms with Crippen LogP contribution >= 0.6 is 0 Å². The number of hydrogen-bond donors (Lipinski definition) is 5. The van der Waals surface area contributed by atoms with Gasteiger partial charge in [0.15, 0.2) is 5.78 Å². The highest BCUT2D eigenvalue weighted by Crippen LogP contribution is 2.47. The SMILES string of the molecule is CC(O)CC[C@@H]1[C@@H](C/C=C\CCCCO)[C@@H](O)C[C@H]1O.CCCC/C=C\C[C@@H]1[C@@H](/C=C/C(C)=O)[C@H](C)C[C@@H]1C.CCCC/C=C\C[C@@H]1[C@@H](CCC(C)=O)[C@H](C)C[C@@H]1C.COC(=O)CCC/C=C\C[C@@H]1[C@@H](CCC(C)O)[C@H](C)C[C@@H]1C. The van der Waals surface area contributed by atoms with Gasteiger partial charge in [0.2, 0.25) is 0 Å². The molecule has 4 saturated carbocycles. The lowest BCUT2D eigenvalue weighted by atomic mass is 9.82. The van der Waals surface area contributed by atoms with Crippen LogP contribution in [0, 0.1) is 82.9 Å². The van der Waals surface area contributed by atoms with Crippen molar-refractivity contribution in [1.29, 1.82) is 0 Å². The largest absolute Gasteiger partial charge is 0.469 e. The molecule has 0 spiro atoms. The molecule has 80 heavy (non-hydrogen) atoms. The Balaban J connectivity index is 0.000000534. The molecular formula is C71H126O9. The van der Waals surface area contributed by atoms with Gasteiger partial charge in [0, 0.05) is 19.4 Å². The molecule has 2 unspecified atom stereocenters. The number of rotatable bonds is 33. The van der Waals surface area contributed by atoms with Crippen molar-refractivity contribution < 1.29 is 44.7 Å². The molecule has 0 saturated heterocycles. The summed E-state index contributed by atoms with van der Waals surface area (Å²) >= 11 is 0. The van der Waals surface area contributed by atoms with Crippen molar-refractivity contribution in [1.82, 2.24) is 0 Å². The molecule has 0 aromatic carbocycles. The molecule has 0 aromatic heterocycles. The second kappa shape index (κ2) is 44.8. The van der Waals surface area contributed by atoms with Gasteiger partial charge in [-0.2, -0.15) is 0 Å². The zero-order valence-electron chi connectivity index (χ0n) is 53.6. The third-order valence-electron chi connectivity index (χ3n) is 18.9. The Morgan fingerprint density at radius 3 is 1.38 bits per heavy atom. The first kappa shape index (κ1) is 75.3. The van der Waals surface area contributed by atoms with E-state index in [1.165, 1.54) is 77.7 Å². The van der Waals surface area contributed by atoms with E-state index in [0.717, 1.165) is 130 Å². The smallest absolute Gasteiger partial charge is 0.305 e. The molecule has 4 rings (SSSR count). The number of ether oxygens (including phenoxy) is 1. The van der Waals surface area contributed by atoms with Gasteiger partial charge >= 0.3 is 5.97 Å². The number of carbonyl (C=O) groups excluding carboxylic acids is 3. The first-order valence-electron chi connectivity index (χ1n) is 32.8. The van der Waals surface area contributed by atoms with E-state index < -0.39 is 12.2 Å². The minimum atomic E-state index is -0.448. The van der Waals surface area contributed by atoms with E-state index in [-0.39, 0.29) is 42.4 Å². The summed E-state index contributed by atoms with van der Waals surface area (Å²) in [6, 6.07) is 0. The number of aliphatic hydroxyl groups excluding tert-OH is 5. The van der Waals surface area contributed by atoms with Crippen LogP contribution < -0.4 is 0 Å². The monoisotopic (exact) mass is 1120 g/mol. The molecule has 0 radical (unpaired) electrons. The van der Waals surface area contributed by atoms with E-state index >= 15 is 0 Å². The van der Waals surface area contributed by atoms with Crippen LogP contribution in [0.25, 0.3) is 0 Å². The van der Waals surface area contributed by atoms with Crippen molar-refractivity contribution in [3.05, 3.63) is 60.8 Å². The minimum absolute atomic E-state index is 0.0849. The predicted molar refractivity (Wildman–Crippen MR) is 336 cm³/mol. The molecule has 9 nitrogen and oxygen atoms in total.